The average molecular weight is 350 g/mol. The number of aromatic nitrogens is 2. The molecular weight excluding hydrogens is 343 g/mol. The summed E-state index contributed by atoms with van der Waals surface area (Å²) in [5.41, 5.74) is 0.775. The van der Waals surface area contributed by atoms with Crippen LogP contribution < -0.4 is 5.32 Å². The minimum absolute atomic E-state index is 0.268. The highest BCUT2D eigenvalue weighted by atomic mass is 127. The molecule has 1 heterocycles. The highest BCUT2D eigenvalue weighted by Crippen LogP contribution is 2.22. The van der Waals surface area contributed by atoms with Gasteiger partial charge in [-0.25, -0.2) is 14.4 Å². The maximum atomic E-state index is 12.9. The Hall–Kier alpha value is -0.950. The average Bonchev–Trinajstić information content (AvgIpc) is 2.22. The number of nitrogens with one attached hydrogen (secondary N) is 1. The third kappa shape index (κ3) is 2.79. The number of halogens is 3. The summed E-state index contributed by atoms with van der Waals surface area (Å²) in [6, 6.07) is 6.06. The molecule has 82 valence electrons. The normalized spacial score (nSPS) is 10.2. The first-order chi connectivity index (χ1) is 7.65. The van der Waals surface area contributed by atoms with Gasteiger partial charge >= 0.3 is 0 Å². The van der Waals surface area contributed by atoms with E-state index in [1.165, 1.54) is 18.5 Å². The summed E-state index contributed by atoms with van der Waals surface area (Å²) in [6.07, 6.45) is 1.36. The number of hydrogen-bond acceptors (Lipinski definition) is 3. The van der Waals surface area contributed by atoms with Gasteiger partial charge in [-0.15, -0.1) is 0 Å². The van der Waals surface area contributed by atoms with Gasteiger partial charge in [-0.3, -0.25) is 0 Å². The summed E-state index contributed by atoms with van der Waals surface area (Å²) >= 11 is 7.77. The van der Waals surface area contributed by atoms with Crippen molar-refractivity contribution in [3.8, 4) is 0 Å². The van der Waals surface area contributed by atoms with Crippen LogP contribution in [-0.2, 0) is 0 Å². The van der Waals surface area contributed by atoms with Crippen molar-refractivity contribution >= 4 is 45.7 Å². The smallest absolute Gasteiger partial charge is 0.135 e. The molecule has 0 saturated carbocycles. The largest absolute Gasteiger partial charge is 0.339 e. The fourth-order valence-electron chi connectivity index (χ4n) is 1.13. The van der Waals surface area contributed by atoms with Crippen LogP contribution >= 0.6 is 34.2 Å². The zero-order valence-corrected chi connectivity index (χ0v) is 10.8. The molecule has 2 rings (SSSR count). The summed E-state index contributed by atoms with van der Waals surface area (Å²) in [5.74, 6) is 0.306. The maximum absolute atomic E-state index is 12.9. The molecule has 0 aliphatic rings. The molecule has 6 heteroatoms. The Labute approximate surface area is 110 Å². The second-order valence-corrected chi connectivity index (χ2v) is 4.52. The van der Waals surface area contributed by atoms with Gasteiger partial charge < -0.3 is 5.32 Å². The van der Waals surface area contributed by atoms with Gasteiger partial charge in [-0.2, -0.15) is 0 Å². The molecular formula is C10H6ClFIN3. The highest BCUT2D eigenvalue weighted by Gasteiger charge is 2.03. The van der Waals surface area contributed by atoms with Gasteiger partial charge in [-0.1, -0.05) is 11.6 Å². The summed E-state index contributed by atoms with van der Waals surface area (Å²) in [6.45, 7) is 0. The Balaban J connectivity index is 2.27. The van der Waals surface area contributed by atoms with Crippen LogP contribution in [0.25, 0.3) is 0 Å². The van der Waals surface area contributed by atoms with Gasteiger partial charge in [0.2, 0.25) is 0 Å². The van der Waals surface area contributed by atoms with E-state index in [0.29, 0.717) is 11.0 Å². The molecule has 1 aromatic carbocycles. The zero-order valence-electron chi connectivity index (χ0n) is 7.92. The van der Waals surface area contributed by atoms with Crippen LogP contribution in [0.2, 0.25) is 5.15 Å². The quantitative estimate of drug-likeness (QED) is 0.665. The van der Waals surface area contributed by atoms with E-state index < -0.39 is 0 Å². The van der Waals surface area contributed by atoms with Crippen LogP contribution in [0.1, 0.15) is 0 Å². The van der Waals surface area contributed by atoms with Crippen molar-refractivity contribution in [1.82, 2.24) is 9.97 Å². The molecule has 2 aromatic rings. The van der Waals surface area contributed by atoms with Gasteiger partial charge in [0.15, 0.2) is 0 Å². The molecule has 0 aliphatic carbocycles. The molecule has 1 aromatic heterocycles. The Morgan fingerprint density at radius 3 is 2.75 bits per heavy atom. The molecule has 0 saturated heterocycles. The van der Waals surface area contributed by atoms with Gasteiger partial charge in [0.1, 0.15) is 23.1 Å². The molecule has 16 heavy (non-hydrogen) atoms. The first-order valence-corrected chi connectivity index (χ1v) is 5.80. The number of nitrogens with zero attached hydrogens (tertiary/aromatic N) is 2. The molecule has 0 spiro atoms. The van der Waals surface area contributed by atoms with E-state index in [2.05, 4.69) is 15.3 Å². The molecule has 0 unspecified atom stereocenters. The van der Waals surface area contributed by atoms with Crippen molar-refractivity contribution in [1.29, 1.82) is 0 Å². The standard InChI is InChI=1S/C10H6ClFIN3/c11-9-4-10(15-5-14-9)16-8-2-1-6(12)3-7(8)13/h1-5H,(H,14,15,16). The van der Waals surface area contributed by atoms with Crippen molar-refractivity contribution in [2.24, 2.45) is 0 Å². The van der Waals surface area contributed by atoms with Crippen LogP contribution in [-0.4, -0.2) is 9.97 Å². The van der Waals surface area contributed by atoms with Crippen molar-refractivity contribution in [3.63, 3.8) is 0 Å². The lowest BCUT2D eigenvalue weighted by Gasteiger charge is -2.07. The predicted molar refractivity (Wildman–Crippen MR) is 69.4 cm³/mol. The maximum Gasteiger partial charge on any atom is 0.135 e. The number of rotatable bonds is 2. The lowest BCUT2D eigenvalue weighted by atomic mass is 10.3. The van der Waals surface area contributed by atoms with Gasteiger partial charge in [0, 0.05) is 9.64 Å². The van der Waals surface area contributed by atoms with Crippen LogP contribution in [0.3, 0.4) is 0 Å². The van der Waals surface area contributed by atoms with Crippen LogP contribution in [0.15, 0.2) is 30.6 Å². The van der Waals surface area contributed by atoms with E-state index in [1.54, 1.807) is 12.1 Å². The lowest BCUT2D eigenvalue weighted by Crippen LogP contribution is -1.96. The number of anilines is 2. The Morgan fingerprint density at radius 2 is 2.06 bits per heavy atom. The van der Waals surface area contributed by atoms with Crippen molar-refractivity contribution in [2.75, 3.05) is 5.32 Å². The number of hydrogen-bond donors (Lipinski definition) is 1. The second-order valence-electron chi connectivity index (χ2n) is 2.98. The van der Waals surface area contributed by atoms with Gasteiger partial charge in [-0.05, 0) is 40.8 Å². The summed E-state index contributed by atoms with van der Waals surface area (Å²) < 4.78 is 13.6. The SMILES string of the molecule is Fc1ccc(Nc2cc(Cl)ncn2)c(I)c1. The van der Waals surface area contributed by atoms with Crippen molar-refractivity contribution in [2.45, 2.75) is 0 Å². The van der Waals surface area contributed by atoms with Crippen LogP contribution in [0, 0.1) is 9.39 Å². The number of benzene rings is 1. The zero-order chi connectivity index (χ0) is 11.5. The van der Waals surface area contributed by atoms with E-state index in [4.69, 9.17) is 11.6 Å². The van der Waals surface area contributed by atoms with E-state index in [1.807, 2.05) is 22.6 Å². The minimum Gasteiger partial charge on any atom is -0.339 e. The Morgan fingerprint density at radius 1 is 1.25 bits per heavy atom. The Kier molecular flexibility index (Phi) is 3.55. The molecule has 0 amide bonds. The predicted octanol–water partition coefficient (Wildman–Crippen LogP) is 3.62. The van der Waals surface area contributed by atoms with E-state index in [9.17, 15) is 4.39 Å². The van der Waals surface area contributed by atoms with Crippen molar-refractivity contribution < 1.29 is 4.39 Å². The second kappa shape index (κ2) is 4.92. The fraction of sp³-hybridized carbons (Fsp3) is 0. The molecule has 0 bridgehead atoms. The first kappa shape index (κ1) is 11.5. The molecule has 0 atom stereocenters. The molecule has 0 aliphatic heterocycles. The highest BCUT2D eigenvalue weighted by molar-refractivity contribution is 14.1. The van der Waals surface area contributed by atoms with Gasteiger partial charge in [0.25, 0.3) is 0 Å². The van der Waals surface area contributed by atoms with Crippen LogP contribution in [0.5, 0.6) is 0 Å². The van der Waals surface area contributed by atoms with E-state index >= 15 is 0 Å². The monoisotopic (exact) mass is 349 g/mol. The molecule has 0 radical (unpaired) electrons. The molecule has 0 fully saturated rings. The third-order valence-corrected chi connectivity index (χ3v) is 2.93. The van der Waals surface area contributed by atoms with E-state index in [0.717, 1.165) is 9.26 Å². The summed E-state index contributed by atoms with van der Waals surface area (Å²) in [4.78, 5) is 7.77. The minimum atomic E-state index is -0.268. The first-order valence-electron chi connectivity index (χ1n) is 4.35. The fourth-order valence-corrected chi connectivity index (χ4v) is 1.89. The molecule has 3 nitrogen and oxygen atoms in total. The molecule has 1 N–H and O–H groups in total. The summed E-state index contributed by atoms with van der Waals surface area (Å²) in [5, 5.41) is 3.39. The van der Waals surface area contributed by atoms with Crippen LogP contribution in [0.4, 0.5) is 15.9 Å². The van der Waals surface area contributed by atoms with Crippen molar-refractivity contribution in [3.05, 3.63) is 45.1 Å². The van der Waals surface area contributed by atoms with Gasteiger partial charge in [0.05, 0.1) is 5.69 Å². The lowest BCUT2D eigenvalue weighted by molar-refractivity contribution is 0.627. The Bertz CT molecular complexity index is 521. The topological polar surface area (TPSA) is 37.8 Å². The third-order valence-electron chi connectivity index (χ3n) is 1.83. The van der Waals surface area contributed by atoms with E-state index in [-0.39, 0.29) is 5.82 Å². The summed E-state index contributed by atoms with van der Waals surface area (Å²) in [7, 11) is 0.